The van der Waals surface area contributed by atoms with Crippen LogP contribution in [-0.4, -0.2) is 83.6 Å². The van der Waals surface area contributed by atoms with Crippen molar-refractivity contribution in [3.63, 3.8) is 0 Å². The molecule has 3 rings (SSSR count). The average Bonchev–Trinajstić information content (AvgIpc) is 2.95. The second kappa shape index (κ2) is 9.63. The lowest BCUT2D eigenvalue weighted by Gasteiger charge is -2.34. The Morgan fingerprint density at radius 1 is 1.10 bits per heavy atom. The normalized spacial score (nSPS) is 21.8. The first kappa shape index (κ1) is 22.3. The highest BCUT2D eigenvalue weighted by atomic mass is 16.6. The van der Waals surface area contributed by atoms with Gasteiger partial charge in [0.1, 0.15) is 5.54 Å². The van der Waals surface area contributed by atoms with Gasteiger partial charge in [-0.2, -0.15) is 5.01 Å². The predicted molar refractivity (Wildman–Crippen MR) is 108 cm³/mol. The number of hydrazine groups is 1. The van der Waals surface area contributed by atoms with Crippen LogP contribution >= 0.6 is 0 Å². The van der Waals surface area contributed by atoms with Crippen LogP contribution in [0.15, 0.2) is 0 Å². The Kier molecular flexibility index (Phi) is 7.17. The fourth-order valence-electron chi connectivity index (χ4n) is 4.14. The van der Waals surface area contributed by atoms with Crippen LogP contribution < -0.4 is 10.7 Å². The molecule has 0 radical (unpaired) electrons. The van der Waals surface area contributed by atoms with Gasteiger partial charge in [-0.15, -0.1) is 0 Å². The Hall–Kier alpha value is -2.36. The molecule has 1 aliphatic carbocycles. The molecule has 2 saturated heterocycles. The van der Waals surface area contributed by atoms with Gasteiger partial charge in [0.05, 0.1) is 6.61 Å². The molecule has 3 aliphatic rings. The Bertz CT molecular complexity index is 668. The van der Waals surface area contributed by atoms with E-state index in [4.69, 9.17) is 4.74 Å². The molecule has 10 heteroatoms. The van der Waals surface area contributed by atoms with Gasteiger partial charge in [0.15, 0.2) is 0 Å². The average molecular weight is 424 g/mol. The smallest absolute Gasteiger partial charge is 0.409 e. The highest BCUT2D eigenvalue weighted by molar-refractivity contribution is 6.08. The number of nitrogens with zero attached hydrogens (tertiary/aromatic N) is 3. The summed E-state index contributed by atoms with van der Waals surface area (Å²) in [5.74, 6) is -0.425. The van der Waals surface area contributed by atoms with E-state index in [2.05, 4.69) is 15.6 Å². The van der Waals surface area contributed by atoms with Crippen LogP contribution in [0.2, 0.25) is 0 Å². The van der Waals surface area contributed by atoms with Crippen molar-refractivity contribution in [1.82, 2.24) is 25.6 Å². The minimum absolute atomic E-state index is 0.169. The summed E-state index contributed by atoms with van der Waals surface area (Å²) in [5.41, 5.74) is 1.62. The zero-order valence-corrected chi connectivity index (χ0v) is 17.9. The summed E-state index contributed by atoms with van der Waals surface area (Å²) in [7, 11) is 0. The van der Waals surface area contributed by atoms with Gasteiger partial charge in [-0.1, -0.05) is 33.1 Å². The number of piperazine rings is 1. The molecule has 30 heavy (non-hydrogen) atoms. The van der Waals surface area contributed by atoms with Crippen molar-refractivity contribution in [1.29, 1.82) is 0 Å². The predicted octanol–water partition coefficient (Wildman–Crippen LogP) is 1.07. The van der Waals surface area contributed by atoms with E-state index in [9.17, 15) is 19.2 Å². The first-order valence-corrected chi connectivity index (χ1v) is 10.9. The Labute approximate surface area is 177 Å². The third-order valence-electron chi connectivity index (χ3n) is 5.93. The number of amides is 5. The molecular weight excluding hydrogens is 390 g/mol. The lowest BCUT2D eigenvalue weighted by Crippen LogP contribution is -2.52. The van der Waals surface area contributed by atoms with Crippen molar-refractivity contribution in [3.05, 3.63) is 0 Å². The van der Waals surface area contributed by atoms with Gasteiger partial charge in [-0.05, 0) is 18.8 Å². The van der Waals surface area contributed by atoms with Gasteiger partial charge in [0.25, 0.3) is 5.91 Å². The van der Waals surface area contributed by atoms with Crippen molar-refractivity contribution in [3.8, 4) is 0 Å². The standard InChI is InChI=1S/C20H33N5O5/c1-15(2)14-30-19(29)24-12-10-23(11-13-24)9-6-16(26)22-25-17(27)20(21-18(25)28)7-4-3-5-8-20/h15H,3-14H2,1-2H3,(H,21,28)(H,22,26). The molecule has 0 aromatic heterocycles. The minimum Gasteiger partial charge on any atom is -0.449 e. The Morgan fingerprint density at radius 2 is 1.77 bits per heavy atom. The first-order chi connectivity index (χ1) is 14.3. The summed E-state index contributed by atoms with van der Waals surface area (Å²) in [6, 6.07) is -0.552. The van der Waals surface area contributed by atoms with Gasteiger partial charge < -0.3 is 15.0 Å². The van der Waals surface area contributed by atoms with Gasteiger partial charge >= 0.3 is 12.1 Å². The molecule has 1 saturated carbocycles. The van der Waals surface area contributed by atoms with E-state index in [1.54, 1.807) is 4.90 Å². The molecule has 5 amide bonds. The summed E-state index contributed by atoms with van der Waals surface area (Å²) < 4.78 is 5.25. The van der Waals surface area contributed by atoms with Gasteiger partial charge in [-0.25, -0.2) is 9.59 Å². The Balaban J connectivity index is 1.39. The number of rotatable bonds is 6. The van der Waals surface area contributed by atoms with E-state index >= 15 is 0 Å². The molecule has 2 N–H and O–H groups in total. The third-order valence-corrected chi connectivity index (χ3v) is 5.93. The number of carbonyl (C=O) groups excluding carboxylic acids is 4. The fraction of sp³-hybridized carbons (Fsp3) is 0.800. The van der Waals surface area contributed by atoms with Crippen LogP contribution in [0.3, 0.4) is 0 Å². The summed E-state index contributed by atoms with van der Waals surface area (Å²) in [5, 5.41) is 3.62. The summed E-state index contributed by atoms with van der Waals surface area (Å²) in [4.78, 5) is 53.0. The first-order valence-electron chi connectivity index (χ1n) is 10.9. The molecule has 0 aromatic carbocycles. The monoisotopic (exact) mass is 423 g/mol. The molecule has 1 spiro atoms. The molecule has 0 unspecified atom stereocenters. The maximum atomic E-state index is 12.7. The molecule has 10 nitrogen and oxygen atoms in total. The maximum Gasteiger partial charge on any atom is 0.409 e. The van der Waals surface area contributed by atoms with E-state index in [1.165, 1.54) is 0 Å². The highest BCUT2D eigenvalue weighted by Gasteiger charge is 2.52. The zero-order valence-electron chi connectivity index (χ0n) is 17.9. The van der Waals surface area contributed by atoms with Crippen LogP contribution in [0, 0.1) is 5.92 Å². The van der Waals surface area contributed by atoms with E-state index in [0.29, 0.717) is 58.1 Å². The van der Waals surface area contributed by atoms with Gasteiger partial charge in [0, 0.05) is 39.1 Å². The number of hydrogen-bond acceptors (Lipinski definition) is 6. The Morgan fingerprint density at radius 3 is 2.40 bits per heavy atom. The number of urea groups is 1. The lowest BCUT2D eigenvalue weighted by molar-refractivity contribution is -0.140. The second-order valence-corrected chi connectivity index (χ2v) is 8.80. The molecule has 2 heterocycles. The topological polar surface area (TPSA) is 111 Å². The minimum atomic E-state index is -0.844. The summed E-state index contributed by atoms with van der Waals surface area (Å²) >= 11 is 0. The van der Waals surface area contributed by atoms with Crippen LogP contribution in [0.5, 0.6) is 0 Å². The van der Waals surface area contributed by atoms with Crippen molar-refractivity contribution < 1.29 is 23.9 Å². The molecule has 0 aromatic rings. The number of imide groups is 1. The molecular formula is C20H33N5O5. The number of hydrogen-bond donors (Lipinski definition) is 2. The number of ether oxygens (including phenoxy) is 1. The molecule has 3 fully saturated rings. The number of carbonyl (C=O) groups is 4. The van der Waals surface area contributed by atoms with E-state index in [1.807, 2.05) is 13.8 Å². The number of nitrogens with one attached hydrogen (secondary N) is 2. The molecule has 168 valence electrons. The summed E-state index contributed by atoms with van der Waals surface area (Å²) in [6.07, 6.45) is 3.95. The van der Waals surface area contributed by atoms with Crippen LogP contribution in [0.1, 0.15) is 52.4 Å². The zero-order chi connectivity index (χ0) is 21.7. The van der Waals surface area contributed by atoms with E-state index < -0.39 is 11.6 Å². The second-order valence-electron chi connectivity index (χ2n) is 8.80. The van der Waals surface area contributed by atoms with Crippen molar-refractivity contribution >= 4 is 23.9 Å². The SMILES string of the molecule is CC(C)COC(=O)N1CCN(CCC(=O)NN2C(=O)NC3(CCCCC3)C2=O)CC1. The fourth-order valence-corrected chi connectivity index (χ4v) is 4.14. The van der Waals surface area contributed by atoms with E-state index in [-0.39, 0.29) is 24.3 Å². The van der Waals surface area contributed by atoms with Crippen LogP contribution in [-0.2, 0) is 14.3 Å². The van der Waals surface area contributed by atoms with Crippen molar-refractivity contribution in [2.45, 2.75) is 57.9 Å². The molecule has 2 aliphatic heterocycles. The van der Waals surface area contributed by atoms with Gasteiger partial charge in [-0.3, -0.25) is 19.9 Å². The van der Waals surface area contributed by atoms with Crippen molar-refractivity contribution in [2.24, 2.45) is 5.92 Å². The van der Waals surface area contributed by atoms with E-state index in [0.717, 1.165) is 24.3 Å². The maximum absolute atomic E-state index is 12.7. The summed E-state index contributed by atoms with van der Waals surface area (Å²) in [6.45, 7) is 7.28. The van der Waals surface area contributed by atoms with Crippen molar-refractivity contribution in [2.75, 3.05) is 39.3 Å². The van der Waals surface area contributed by atoms with Gasteiger partial charge in [0.2, 0.25) is 5.91 Å². The third kappa shape index (κ3) is 5.21. The van der Waals surface area contributed by atoms with Crippen LogP contribution in [0.25, 0.3) is 0 Å². The lowest BCUT2D eigenvalue weighted by atomic mass is 9.82. The quantitative estimate of drug-likeness (QED) is 0.619. The highest BCUT2D eigenvalue weighted by Crippen LogP contribution is 2.32. The van der Waals surface area contributed by atoms with Crippen LogP contribution in [0.4, 0.5) is 9.59 Å². The molecule has 0 bridgehead atoms. The molecule has 0 atom stereocenters. The largest absolute Gasteiger partial charge is 0.449 e.